The number of aromatic amines is 1. The third-order valence-corrected chi connectivity index (χ3v) is 6.14. The van der Waals surface area contributed by atoms with Crippen LogP contribution in [0.15, 0.2) is 29.1 Å². The molecule has 1 aliphatic heterocycles. The van der Waals surface area contributed by atoms with Crippen molar-refractivity contribution in [3.8, 4) is 0 Å². The van der Waals surface area contributed by atoms with Crippen LogP contribution >= 0.6 is 22.9 Å². The van der Waals surface area contributed by atoms with Gasteiger partial charge < -0.3 is 15.2 Å². The van der Waals surface area contributed by atoms with Gasteiger partial charge in [-0.25, -0.2) is 0 Å². The number of piperidine rings is 1. The number of aromatic nitrogens is 1. The Hall–Kier alpha value is -1.30. The van der Waals surface area contributed by atoms with Crippen LogP contribution in [-0.4, -0.2) is 34.9 Å². The second kappa shape index (κ2) is 5.96. The van der Waals surface area contributed by atoms with E-state index in [1.54, 1.807) is 23.6 Å². The number of amides is 1. The van der Waals surface area contributed by atoms with Crippen molar-refractivity contribution < 1.29 is 4.79 Å². The molecule has 4 rings (SSSR count). The van der Waals surface area contributed by atoms with Crippen LogP contribution in [-0.2, 0) is 6.54 Å². The first kappa shape index (κ1) is 15.2. The van der Waals surface area contributed by atoms with E-state index in [2.05, 4.69) is 32.0 Å². The molecule has 0 unspecified atom stereocenters. The van der Waals surface area contributed by atoms with Gasteiger partial charge in [0.05, 0.1) is 5.02 Å². The van der Waals surface area contributed by atoms with Gasteiger partial charge in [0.2, 0.25) is 0 Å². The third-order valence-electron chi connectivity index (χ3n) is 5.19. The minimum atomic E-state index is 0.0588. The number of carbonyl (C=O) groups is 1. The molecule has 2 fully saturated rings. The number of hydrogen-bond acceptors (Lipinski definition) is 3. The van der Waals surface area contributed by atoms with Gasteiger partial charge in [-0.05, 0) is 66.2 Å². The maximum absolute atomic E-state index is 13.0. The Labute approximate surface area is 144 Å². The quantitative estimate of drug-likeness (QED) is 0.887. The Bertz CT molecular complexity index is 691. The molecule has 6 heteroatoms. The fraction of sp³-hybridized carbons (Fsp3) is 0.471. The van der Waals surface area contributed by atoms with Crippen LogP contribution in [0.25, 0.3) is 0 Å². The molecule has 0 bridgehead atoms. The monoisotopic (exact) mass is 349 g/mol. The van der Waals surface area contributed by atoms with Crippen LogP contribution < -0.4 is 5.32 Å². The number of nitrogens with one attached hydrogen (secondary N) is 2. The van der Waals surface area contributed by atoms with Crippen molar-refractivity contribution in [1.82, 2.24) is 15.2 Å². The number of halogens is 1. The van der Waals surface area contributed by atoms with Gasteiger partial charge in [0.15, 0.2) is 0 Å². The van der Waals surface area contributed by atoms with Crippen LogP contribution in [0, 0.1) is 5.41 Å². The SMILES string of the molecule is O=C(c1cc(Cl)c[nH]1)N(Cc1ccsc1)[C@H]1CC12CCNCC2. The van der Waals surface area contributed by atoms with Crippen LogP contribution in [0.4, 0.5) is 0 Å². The summed E-state index contributed by atoms with van der Waals surface area (Å²) in [6.45, 7) is 2.80. The van der Waals surface area contributed by atoms with Crippen molar-refractivity contribution in [2.75, 3.05) is 13.1 Å². The molecule has 1 amide bonds. The lowest BCUT2D eigenvalue weighted by Gasteiger charge is -2.29. The summed E-state index contributed by atoms with van der Waals surface area (Å²) in [5, 5.41) is 8.19. The maximum Gasteiger partial charge on any atom is 0.270 e. The highest BCUT2D eigenvalue weighted by atomic mass is 35.5. The van der Waals surface area contributed by atoms with Crippen molar-refractivity contribution in [3.05, 3.63) is 45.4 Å². The van der Waals surface area contributed by atoms with E-state index >= 15 is 0 Å². The minimum Gasteiger partial charge on any atom is -0.356 e. The first-order valence-corrected chi connectivity index (χ1v) is 9.37. The van der Waals surface area contributed by atoms with Gasteiger partial charge in [-0.15, -0.1) is 0 Å². The summed E-state index contributed by atoms with van der Waals surface area (Å²) in [5.41, 5.74) is 2.12. The van der Waals surface area contributed by atoms with Crippen LogP contribution in [0.1, 0.15) is 35.3 Å². The standard InChI is InChI=1S/C17H20ClN3OS/c18-13-7-14(20-9-13)16(22)21(10-12-1-6-23-11-12)15-8-17(15)2-4-19-5-3-17/h1,6-7,9,11,15,19-20H,2-5,8,10H2/t15-/m0/s1. The molecule has 2 aromatic rings. The van der Waals surface area contributed by atoms with Crippen molar-refractivity contribution in [3.63, 3.8) is 0 Å². The molecule has 1 spiro atoms. The summed E-state index contributed by atoms with van der Waals surface area (Å²) in [6.07, 6.45) is 5.12. The van der Waals surface area contributed by atoms with Gasteiger partial charge >= 0.3 is 0 Å². The maximum atomic E-state index is 13.0. The molecule has 2 aliphatic rings. The lowest BCUT2D eigenvalue weighted by atomic mass is 9.93. The number of thiophene rings is 1. The molecule has 0 radical (unpaired) electrons. The number of carbonyl (C=O) groups excluding carboxylic acids is 1. The lowest BCUT2D eigenvalue weighted by molar-refractivity contribution is 0.0687. The highest BCUT2D eigenvalue weighted by Gasteiger charge is 2.57. The summed E-state index contributed by atoms with van der Waals surface area (Å²) in [7, 11) is 0. The summed E-state index contributed by atoms with van der Waals surface area (Å²) < 4.78 is 0. The Morgan fingerprint density at radius 3 is 2.91 bits per heavy atom. The average molecular weight is 350 g/mol. The van der Waals surface area contributed by atoms with Gasteiger partial charge in [0, 0.05) is 18.8 Å². The van der Waals surface area contributed by atoms with E-state index in [-0.39, 0.29) is 5.91 Å². The zero-order valence-electron chi connectivity index (χ0n) is 12.8. The Kier molecular flexibility index (Phi) is 3.95. The molecule has 4 nitrogen and oxygen atoms in total. The van der Waals surface area contributed by atoms with E-state index in [0.717, 1.165) is 32.4 Å². The number of hydrogen-bond donors (Lipinski definition) is 2. The molecule has 0 aromatic carbocycles. The second-order valence-corrected chi connectivity index (χ2v) is 7.84. The van der Waals surface area contributed by atoms with Gasteiger partial charge in [-0.1, -0.05) is 11.6 Å². The van der Waals surface area contributed by atoms with E-state index in [9.17, 15) is 4.79 Å². The second-order valence-electron chi connectivity index (χ2n) is 6.63. The van der Waals surface area contributed by atoms with E-state index in [0.29, 0.717) is 28.7 Å². The van der Waals surface area contributed by atoms with E-state index in [1.165, 1.54) is 5.56 Å². The predicted octanol–water partition coefficient (Wildman–Crippen LogP) is 3.51. The topological polar surface area (TPSA) is 48.1 Å². The molecule has 1 atom stereocenters. The summed E-state index contributed by atoms with van der Waals surface area (Å²) in [6, 6.07) is 4.17. The van der Waals surface area contributed by atoms with Crippen molar-refractivity contribution >= 4 is 28.8 Å². The molecule has 2 N–H and O–H groups in total. The first-order valence-electron chi connectivity index (χ1n) is 8.05. The number of rotatable bonds is 4. The van der Waals surface area contributed by atoms with Gasteiger partial charge in [-0.3, -0.25) is 4.79 Å². The van der Waals surface area contributed by atoms with Crippen LogP contribution in [0.3, 0.4) is 0 Å². The highest BCUT2D eigenvalue weighted by molar-refractivity contribution is 7.07. The Morgan fingerprint density at radius 2 is 2.26 bits per heavy atom. The van der Waals surface area contributed by atoms with Gasteiger partial charge in [0.1, 0.15) is 5.69 Å². The first-order chi connectivity index (χ1) is 11.2. The van der Waals surface area contributed by atoms with Crippen molar-refractivity contribution in [1.29, 1.82) is 0 Å². The van der Waals surface area contributed by atoms with E-state index in [4.69, 9.17) is 11.6 Å². The molecule has 3 heterocycles. The fourth-order valence-electron chi connectivity index (χ4n) is 3.78. The zero-order chi connectivity index (χ0) is 15.9. The Morgan fingerprint density at radius 1 is 1.43 bits per heavy atom. The average Bonchev–Trinajstić information content (AvgIpc) is 2.97. The van der Waals surface area contributed by atoms with E-state index in [1.807, 2.05) is 0 Å². The number of nitrogens with zero attached hydrogens (tertiary/aromatic N) is 1. The summed E-state index contributed by atoms with van der Waals surface area (Å²) in [4.78, 5) is 18.1. The third kappa shape index (κ3) is 2.93. The minimum absolute atomic E-state index is 0.0588. The molecular weight excluding hydrogens is 330 g/mol. The largest absolute Gasteiger partial charge is 0.356 e. The van der Waals surface area contributed by atoms with Crippen molar-refractivity contribution in [2.24, 2.45) is 5.41 Å². The van der Waals surface area contributed by atoms with Crippen LogP contribution in [0.5, 0.6) is 0 Å². The van der Waals surface area contributed by atoms with E-state index < -0.39 is 0 Å². The molecule has 2 aromatic heterocycles. The van der Waals surface area contributed by atoms with Gasteiger partial charge in [0.25, 0.3) is 5.91 Å². The Balaban J connectivity index is 1.58. The normalized spacial score (nSPS) is 22.2. The number of H-pyrrole nitrogens is 1. The smallest absolute Gasteiger partial charge is 0.270 e. The zero-order valence-corrected chi connectivity index (χ0v) is 14.4. The molecule has 122 valence electrons. The summed E-state index contributed by atoms with van der Waals surface area (Å²) >= 11 is 7.66. The molecule has 23 heavy (non-hydrogen) atoms. The molecule has 1 saturated carbocycles. The van der Waals surface area contributed by atoms with Crippen LogP contribution in [0.2, 0.25) is 5.02 Å². The van der Waals surface area contributed by atoms with Gasteiger partial charge in [-0.2, -0.15) is 11.3 Å². The summed E-state index contributed by atoms with van der Waals surface area (Å²) in [5.74, 6) is 0.0588. The van der Waals surface area contributed by atoms with Crippen molar-refractivity contribution in [2.45, 2.75) is 31.8 Å². The molecule has 1 aliphatic carbocycles. The fourth-order valence-corrected chi connectivity index (χ4v) is 4.60. The predicted molar refractivity (Wildman–Crippen MR) is 92.9 cm³/mol. The molecular formula is C17H20ClN3OS. The highest BCUT2D eigenvalue weighted by Crippen LogP contribution is 2.56. The molecule has 1 saturated heterocycles. The lowest BCUT2D eigenvalue weighted by Crippen LogP contribution is -2.39.